The van der Waals surface area contributed by atoms with Crippen molar-refractivity contribution in [3.63, 3.8) is 0 Å². The Labute approximate surface area is 86.2 Å². The van der Waals surface area contributed by atoms with Gasteiger partial charge in [-0.2, -0.15) is 4.99 Å². The number of halogens is 2. The number of benzene rings is 1. The molecule has 68 valence electrons. The Morgan fingerprint density at radius 1 is 1.46 bits per heavy atom. The SMILES string of the molecule is CC(N=C=O)c1cc(Cl)ccc1Cl. The quantitative estimate of drug-likeness (QED) is 0.550. The monoisotopic (exact) mass is 215 g/mol. The molecule has 13 heavy (non-hydrogen) atoms. The number of hydrogen-bond acceptors (Lipinski definition) is 2. The molecule has 2 nitrogen and oxygen atoms in total. The van der Waals surface area contributed by atoms with Gasteiger partial charge in [-0.05, 0) is 30.7 Å². The van der Waals surface area contributed by atoms with Gasteiger partial charge in [0.15, 0.2) is 0 Å². The molecule has 0 saturated carbocycles. The van der Waals surface area contributed by atoms with Crippen molar-refractivity contribution < 1.29 is 4.79 Å². The van der Waals surface area contributed by atoms with Crippen LogP contribution in [-0.4, -0.2) is 6.08 Å². The van der Waals surface area contributed by atoms with Crippen LogP contribution in [0.1, 0.15) is 18.5 Å². The van der Waals surface area contributed by atoms with Crippen molar-refractivity contribution in [2.24, 2.45) is 4.99 Å². The maximum absolute atomic E-state index is 10.0. The van der Waals surface area contributed by atoms with Crippen LogP contribution in [0.2, 0.25) is 10.0 Å². The van der Waals surface area contributed by atoms with E-state index in [4.69, 9.17) is 23.2 Å². The molecule has 1 aromatic carbocycles. The molecule has 1 atom stereocenters. The molecule has 0 radical (unpaired) electrons. The molecule has 4 heteroatoms. The first-order valence-electron chi connectivity index (χ1n) is 3.67. The summed E-state index contributed by atoms with van der Waals surface area (Å²) in [7, 11) is 0. The minimum atomic E-state index is -0.302. The third kappa shape index (κ3) is 2.56. The van der Waals surface area contributed by atoms with Gasteiger partial charge in [0, 0.05) is 10.0 Å². The van der Waals surface area contributed by atoms with Gasteiger partial charge in [0.2, 0.25) is 6.08 Å². The number of aliphatic imine (C=N–C) groups is 1. The Bertz CT molecular complexity index is 359. The smallest absolute Gasteiger partial charge is 0.211 e. The summed E-state index contributed by atoms with van der Waals surface area (Å²) in [4.78, 5) is 13.6. The second-order valence-electron chi connectivity index (χ2n) is 2.56. The zero-order chi connectivity index (χ0) is 9.84. The molecule has 1 aromatic rings. The van der Waals surface area contributed by atoms with Crippen LogP contribution in [0.15, 0.2) is 23.2 Å². The van der Waals surface area contributed by atoms with Gasteiger partial charge in [-0.25, -0.2) is 4.79 Å². The minimum Gasteiger partial charge on any atom is -0.211 e. The highest BCUT2D eigenvalue weighted by atomic mass is 35.5. The molecule has 1 unspecified atom stereocenters. The van der Waals surface area contributed by atoms with E-state index in [1.54, 1.807) is 25.1 Å². The molecular weight excluding hydrogens is 209 g/mol. The standard InChI is InChI=1S/C9H7Cl2NO/c1-6(12-5-13)8-4-7(10)2-3-9(8)11/h2-4,6H,1H3. The molecule has 0 fully saturated rings. The number of isocyanates is 1. The zero-order valence-electron chi connectivity index (χ0n) is 6.92. The molecule has 0 aliphatic heterocycles. The van der Waals surface area contributed by atoms with E-state index in [1.807, 2.05) is 0 Å². The Morgan fingerprint density at radius 2 is 2.15 bits per heavy atom. The average molecular weight is 216 g/mol. The minimum absolute atomic E-state index is 0.302. The topological polar surface area (TPSA) is 29.4 Å². The Balaban J connectivity index is 3.12. The van der Waals surface area contributed by atoms with E-state index in [-0.39, 0.29) is 6.04 Å². The lowest BCUT2D eigenvalue weighted by Gasteiger charge is -2.06. The Hall–Kier alpha value is -0.820. The van der Waals surface area contributed by atoms with Crippen molar-refractivity contribution in [2.75, 3.05) is 0 Å². The molecule has 0 heterocycles. The van der Waals surface area contributed by atoms with E-state index in [0.717, 1.165) is 5.56 Å². The molecule has 0 bridgehead atoms. The summed E-state index contributed by atoms with van der Waals surface area (Å²) in [5.74, 6) is 0. The van der Waals surface area contributed by atoms with Crippen LogP contribution in [0.4, 0.5) is 0 Å². The fourth-order valence-electron chi connectivity index (χ4n) is 0.983. The van der Waals surface area contributed by atoms with E-state index < -0.39 is 0 Å². The predicted octanol–water partition coefficient (Wildman–Crippen LogP) is 3.39. The average Bonchev–Trinajstić information content (AvgIpc) is 2.09. The first-order chi connectivity index (χ1) is 6.15. The van der Waals surface area contributed by atoms with Gasteiger partial charge >= 0.3 is 0 Å². The maximum Gasteiger partial charge on any atom is 0.235 e. The second-order valence-corrected chi connectivity index (χ2v) is 3.41. The van der Waals surface area contributed by atoms with Crippen LogP contribution >= 0.6 is 23.2 Å². The van der Waals surface area contributed by atoms with Crippen molar-refractivity contribution in [3.05, 3.63) is 33.8 Å². The number of carbonyl (C=O) groups excluding carboxylic acids is 1. The highest BCUT2D eigenvalue weighted by Crippen LogP contribution is 2.27. The van der Waals surface area contributed by atoms with E-state index >= 15 is 0 Å². The molecule has 1 rings (SSSR count). The van der Waals surface area contributed by atoms with Crippen LogP contribution in [0.5, 0.6) is 0 Å². The van der Waals surface area contributed by atoms with Crippen molar-refractivity contribution in [3.8, 4) is 0 Å². The summed E-state index contributed by atoms with van der Waals surface area (Å²) in [6, 6.07) is 4.75. The van der Waals surface area contributed by atoms with Gasteiger partial charge < -0.3 is 0 Å². The third-order valence-electron chi connectivity index (χ3n) is 1.65. The molecule has 0 aliphatic carbocycles. The van der Waals surface area contributed by atoms with Crippen LogP contribution in [0.25, 0.3) is 0 Å². The summed E-state index contributed by atoms with van der Waals surface area (Å²) in [6.45, 7) is 1.75. The van der Waals surface area contributed by atoms with Gasteiger partial charge in [0.25, 0.3) is 0 Å². The lowest BCUT2D eigenvalue weighted by Crippen LogP contribution is -1.90. The Kier molecular flexibility index (Phi) is 3.49. The lowest BCUT2D eigenvalue weighted by molar-refractivity contribution is 0.559. The number of nitrogens with zero attached hydrogens (tertiary/aromatic N) is 1. The largest absolute Gasteiger partial charge is 0.235 e. The second kappa shape index (κ2) is 4.43. The van der Waals surface area contributed by atoms with Crippen molar-refractivity contribution in [2.45, 2.75) is 13.0 Å². The summed E-state index contributed by atoms with van der Waals surface area (Å²) in [6.07, 6.45) is 1.49. The van der Waals surface area contributed by atoms with Crippen molar-refractivity contribution >= 4 is 29.3 Å². The highest BCUT2D eigenvalue weighted by molar-refractivity contribution is 6.33. The molecule has 0 saturated heterocycles. The molecule has 0 N–H and O–H groups in total. The van der Waals surface area contributed by atoms with Gasteiger partial charge in [-0.15, -0.1) is 0 Å². The van der Waals surface area contributed by atoms with E-state index in [1.165, 1.54) is 6.08 Å². The molecule has 0 aliphatic rings. The van der Waals surface area contributed by atoms with Gasteiger partial charge in [0.1, 0.15) is 0 Å². The van der Waals surface area contributed by atoms with E-state index in [0.29, 0.717) is 10.0 Å². The highest BCUT2D eigenvalue weighted by Gasteiger charge is 2.08. The molecular formula is C9H7Cl2NO. The number of rotatable bonds is 2. The normalized spacial score (nSPS) is 11.9. The number of hydrogen-bond donors (Lipinski definition) is 0. The third-order valence-corrected chi connectivity index (χ3v) is 2.23. The van der Waals surface area contributed by atoms with Gasteiger partial charge in [0.05, 0.1) is 6.04 Å². The lowest BCUT2D eigenvalue weighted by atomic mass is 10.1. The summed E-state index contributed by atoms with van der Waals surface area (Å²) in [5.41, 5.74) is 0.734. The summed E-state index contributed by atoms with van der Waals surface area (Å²) < 4.78 is 0. The first-order valence-corrected chi connectivity index (χ1v) is 4.42. The van der Waals surface area contributed by atoms with E-state index in [2.05, 4.69) is 4.99 Å². The zero-order valence-corrected chi connectivity index (χ0v) is 8.43. The van der Waals surface area contributed by atoms with Crippen LogP contribution in [0, 0.1) is 0 Å². The van der Waals surface area contributed by atoms with E-state index in [9.17, 15) is 4.79 Å². The molecule has 0 spiro atoms. The molecule has 0 aromatic heterocycles. The fourth-order valence-corrected chi connectivity index (χ4v) is 1.44. The first kappa shape index (κ1) is 10.3. The fraction of sp³-hybridized carbons (Fsp3) is 0.222. The molecule has 0 amide bonds. The summed E-state index contributed by atoms with van der Waals surface area (Å²) in [5, 5.41) is 1.13. The predicted molar refractivity (Wildman–Crippen MR) is 53.0 cm³/mol. The van der Waals surface area contributed by atoms with Crippen LogP contribution in [-0.2, 0) is 4.79 Å². The van der Waals surface area contributed by atoms with Crippen LogP contribution < -0.4 is 0 Å². The van der Waals surface area contributed by atoms with Crippen molar-refractivity contribution in [1.29, 1.82) is 0 Å². The van der Waals surface area contributed by atoms with Crippen molar-refractivity contribution in [1.82, 2.24) is 0 Å². The van der Waals surface area contributed by atoms with Gasteiger partial charge in [-0.1, -0.05) is 23.2 Å². The summed E-state index contributed by atoms with van der Waals surface area (Å²) >= 11 is 11.6. The Morgan fingerprint density at radius 3 is 2.77 bits per heavy atom. The maximum atomic E-state index is 10.0. The van der Waals surface area contributed by atoms with Gasteiger partial charge in [-0.3, -0.25) is 0 Å². The van der Waals surface area contributed by atoms with Crippen LogP contribution in [0.3, 0.4) is 0 Å².